The molecule has 5 nitrogen and oxygen atoms in total. The summed E-state index contributed by atoms with van der Waals surface area (Å²) in [6.45, 7) is 4.45. The van der Waals surface area contributed by atoms with Crippen LogP contribution in [0.15, 0.2) is 28.2 Å². The highest BCUT2D eigenvalue weighted by atomic mass is 32.1. The van der Waals surface area contributed by atoms with E-state index >= 15 is 0 Å². The second-order valence-electron chi connectivity index (χ2n) is 5.61. The topological polar surface area (TPSA) is 41.7 Å². The lowest BCUT2D eigenvalue weighted by atomic mass is 10.2. The minimum atomic E-state index is 0.275. The first-order valence-electron chi connectivity index (χ1n) is 7.17. The smallest absolute Gasteiger partial charge is 0.236 e. The zero-order valence-corrected chi connectivity index (χ0v) is 13.3. The van der Waals surface area contributed by atoms with Crippen LogP contribution in [0.5, 0.6) is 0 Å². The van der Waals surface area contributed by atoms with Gasteiger partial charge in [-0.15, -0.1) is 11.3 Å². The van der Waals surface area contributed by atoms with Crippen molar-refractivity contribution in [2.45, 2.75) is 12.6 Å². The summed E-state index contributed by atoms with van der Waals surface area (Å²) < 4.78 is 11.4. The highest BCUT2D eigenvalue weighted by Crippen LogP contribution is 2.24. The van der Waals surface area contributed by atoms with E-state index in [0.29, 0.717) is 0 Å². The van der Waals surface area contributed by atoms with Crippen LogP contribution in [-0.4, -0.2) is 61.2 Å². The maximum absolute atomic E-state index is 5.80. The number of likely N-dealkylation sites (N-methyl/N-ethyl adjacent to an activating group) is 1. The van der Waals surface area contributed by atoms with Gasteiger partial charge in [0.05, 0.1) is 23.3 Å². The predicted molar refractivity (Wildman–Crippen MR) is 83.4 cm³/mol. The summed E-state index contributed by atoms with van der Waals surface area (Å²) in [6.07, 6.45) is 2.04. The molecule has 0 saturated carbocycles. The van der Waals surface area contributed by atoms with Gasteiger partial charge in [-0.3, -0.25) is 4.90 Å². The molecule has 21 heavy (non-hydrogen) atoms. The van der Waals surface area contributed by atoms with Crippen LogP contribution in [0.2, 0.25) is 0 Å². The Bertz CT molecular complexity index is 553. The second-order valence-corrected chi connectivity index (χ2v) is 6.56. The largest absolute Gasteiger partial charge is 0.444 e. The molecule has 0 aromatic carbocycles. The van der Waals surface area contributed by atoms with Crippen molar-refractivity contribution in [2.75, 3.05) is 40.3 Å². The second kappa shape index (κ2) is 6.70. The van der Waals surface area contributed by atoms with E-state index in [-0.39, 0.29) is 6.10 Å². The third-order valence-electron chi connectivity index (χ3n) is 3.46. The number of nitrogens with zero attached hydrogens (tertiary/aromatic N) is 3. The van der Waals surface area contributed by atoms with Crippen molar-refractivity contribution in [1.82, 2.24) is 14.8 Å². The van der Waals surface area contributed by atoms with Crippen molar-refractivity contribution in [2.24, 2.45) is 0 Å². The zero-order chi connectivity index (χ0) is 14.7. The van der Waals surface area contributed by atoms with E-state index < -0.39 is 0 Å². The summed E-state index contributed by atoms with van der Waals surface area (Å²) in [7, 11) is 4.15. The molecular formula is C15H21N3O2S. The summed E-state index contributed by atoms with van der Waals surface area (Å²) in [4.78, 5) is 10.2. The Morgan fingerprint density at radius 1 is 1.48 bits per heavy atom. The highest BCUT2D eigenvalue weighted by molar-refractivity contribution is 7.13. The summed E-state index contributed by atoms with van der Waals surface area (Å²) in [5, 5.41) is 2.03. The first-order chi connectivity index (χ1) is 10.2. The summed E-state index contributed by atoms with van der Waals surface area (Å²) in [6, 6.07) is 4.04. The summed E-state index contributed by atoms with van der Waals surface area (Å²) >= 11 is 1.65. The first kappa shape index (κ1) is 14.7. The third kappa shape index (κ3) is 3.91. The molecule has 0 spiro atoms. The van der Waals surface area contributed by atoms with Gasteiger partial charge in [0.2, 0.25) is 5.89 Å². The van der Waals surface area contributed by atoms with E-state index in [1.165, 1.54) is 0 Å². The van der Waals surface area contributed by atoms with Gasteiger partial charge in [-0.25, -0.2) is 4.98 Å². The van der Waals surface area contributed by atoms with Crippen LogP contribution in [0.4, 0.5) is 0 Å². The van der Waals surface area contributed by atoms with Crippen molar-refractivity contribution in [3.05, 3.63) is 29.5 Å². The van der Waals surface area contributed by atoms with E-state index in [1.807, 2.05) is 17.5 Å². The number of hydrogen-bond donors (Lipinski definition) is 0. The van der Waals surface area contributed by atoms with Crippen LogP contribution in [0.3, 0.4) is 0 Å². The van der Waals surface area contributed by atoms with Crippen molar-refractivity contribution >= 4 is 11.3 Å². The van der Waals surface area contributed by atoms with Crippen LogP contribution >= 0.6 is 11.3 Å². The van der Waals surface area contributed by atoms with Crippen molar-refractivity contribution in [3.8, 4) is 10.8 Å². The van der Waals surface area contributed by atoms with Crippen molar-refractivity contribution < 1.29 is 9.15 Å². The Morgan fingerprint density at radius 3 is 3.14 bits per heavy atom. The number of thiophene rings is 1. The Hall–Kier alpha value is -1.21. The first-order valence-corrected chi connectivity index (χ1v) is 8.05. The summed E-state index contributed by atoms with van der Waals surface area (Å²) in [5.74, 6) is 0.720. The van der Waals surface area contributed by atoms with E-state index in [1.54, 1.807) is 17.6 Å². The van der Waals surface area contributed by atoms with Crippen molar-refractivity contribution in [3.63, 3.8) is 0 Å². The monoisotopic (exact) mass is 307 g/mol. The molecule has 1 atom stereocenters. The maximum atomic E-state index is 5.80. The molecular weight excluding hydrogens is 286 g/mol. The number of hydrogen-bond acceptors (Lipinski definition) is 6. The standard InChI is InChI=1S/C15H21N3O2S/c1-17(2)9-13-10-18(5-6-19-13)8-12-11-20-15(16-12)14-4-3-7-21-14/h3-4,7,11,13H,5-6,8-10H2,1-2H3. The molecule has 0 aliphatic carbocycles. The Balaban J connectivity index is 1.59. The fourth-order valence-electron chi connectivity index (χ4n) is 2.56. The molecule has 1 saturated heterocycles. The van der Waals surface area contributed by atoms with Gasteiger partial charge in [0.15, 0.2) is 0 Å². The van der Waals surface area contributed by atoms with Gasteiger partial charge < -0.3 is 14.1 Å². The van der Waals surface area contributed by atoms with Gasteiger partial charge in [0, 0.05) is 26.2 Å². The van der Waals surface area contributed by atoms with E-state index in [2.05, 4.69) is 28.9 Å². The minimum Gasteiger partial charge on any atom is -0.444 e. The highest BCUT2D eigenvalue weighted by Gasteiger charge is 2.22. The van der Waals surface area contributed by atoms with E-state index in [4.69, 9.17) is 9.15 Å². The van der Waals surface area contributed by atoms with Crippen LogP contribution in [0, 0.1) is 0 Å². The van der Waals surface area contributed by atoms with Gasteiger partial charge in [-0.1, -0.05) is 6.07 Å². The van der Waals surface area contributed by atoms with Crippen LogP contribution in [-0.2, 0) is 11.3 Å². The maximum Gasteiger partial charge on any atom is 0.236 e. The average molecular weight is 307 g/mol. The molecule has 3 heterocycles. The minimum absolute atomic E-state index is 0.275. The quantitative estimate of drug-likeness (QED) is 0.847. The molecule has 1 unspecified atom stereocenters. The molecule has 2 aromatic heterocycles. The molecule has 2 aromatic rings. The third-order valence-corrected chi connectivity index (χ3v) is 4.32. The number of oxazole rings is 1. The molecule has 6 heteroatoms. The molecule has 1 aliphatic heterocycles. The molecule has 1 aliphatic rings. The normalized spacial score (nSPS) is 20.2. The van der Waals surface area contributed by atoms with Crippen LogP contribution in [0.1, 0.15) is 5.69 Å². The summed E-state index contributed by atoms with van der Waals surface area (Å²) in [5.41, 5.74) is 0.990. The van der Waals surface area contributed by atoms with Crippen LogP contribution in [0.25, 0.3) is 10.8 Å². The van der Waals surface area contributed by atoms with Gasteiger partial charge >= 0.3 is 0 Å². The SMILES string of the molecule is CN(C)CC1CN(Cc2coc(-c3cccs3)n2)CCO1. The molecule has 1 fully saturated rings. The fourth-order valence-corrected chi connectivity index (χ4v) is 3.22. The van der Waals surface area contributed by atoms with Crippen LogP contribution < -0.4 is 0 Å². The molecule has 0 N–H and O–H groups in total. The zero-order valence-electron chi connectivity index (χ0n) is 12.5. The van der Waals surface area contributed by atoms with E-state index in [9.17, 15) is 0 Å². The van der Waals surface area contributed by atoms with Gasteiger partial charge in [0.1, 0.15) is 6.26 Å². The number of morpholine rings is 1. The fraction of sp³-hybridized carbons (Fsp3) is 0.533. The Morgan fingerprint density at radius 2 is 2.38 bits per heavy atom. The van der Waals surface area contributed by atoms with E-state index in [0.717, 1.165) is 49.2 Å². The van der Waals surface area contributed by atoms with Crippen molar-refractivity contribution in [1.29, 1.82) is 0 Å². The molecule has 3 rings (SSSR count). The Kier molecular flexibility index (Phi) is 4.70. The lowest BCUT2D eigenvalue weighted by Gasteiger charge is -2.33. The molecule has 0 amide bonds. The number of ether oxygens (including phenoxy) is 1. The lowest BCUT2D eigenvalue weighted by molar-refractivity contribution is -0.0410. The molecule has 114 valence electrons. The van der Waals surface area contributed by atoms with Gasteiger partial charge in [-0.05, 0) is 25.5 Å². The van der Waals surface area contributed by atoms with Gasteiger partial charge in [0.25, 0.3) is 0 Å². The molecule has 0 bridgehead atoms. The predicted octanol–water partition coefficient (Wildman–Crippen LogP) is 2.17. The molecule has 0 radical (unpaired) electrons. The number of aromatic nitrogens is 1. The number of rotatable bonds is 5. The Labute approximate surface area is 129 Å². The van der Waals surface area contributed by atoms with Gasteiger partial charge in [-0.2, -0.15) is 0 Å². The lowest BCUT2D eigenvalue weighted by Crippen LogP contribution is -2.46. The average Bonchev–Trinajstić information content (AvgIpc) is 3.08.